The molecule has 6 rings (SSSR count). The summed E-state index contributed by atoms with van der Waals surface area (Å²) < 4.78 is 8.86. The van der Waals surface area contributed by atoms with Crippen molar-refractivity contribution in [2.24, 2.45) is 0 Å². The van der Waals surface area contributed by atoms with Crippen LogP contribution in [0.3, 0.4) is 0 Å². The number of carbonyl (C=O) groups excluding carboxylic acids is 1. The second-order valence-corrected chi connectivity index (χ2v) is 8.51. The average Bonchev–Trinajstić information content (AvgIpc) is 3.16. The lowest BCUT2D eigenvalue weighted by Crippen LogP contribution is -2.38. The van der Waals surface area contributed by atoms with Crippen LogP contribution in [0.15, 0.2) is 97.1 Å². The maximum Gasteiger partial charge on any atom is 0.228 e. The molecule has 0 fully saturated rings. The highest BCUT2D eigenvalue weighted by Crippen LogP contribution is 2.48. The number of hydrogen-bond acceptors (Lipinski definition) is 2. The van der Waals surface area contributed by atoms with E-state index in [4.69, 9.17) is 4.74 Å². The molecule has 5 aromatic rings. The zero-order chi connectivity index (χ0) is 21.7. The molecule has 4 aromatic carbocycles. The Kier molecular flexibility index (Phi) is 4.19. The van der Waals surface area contributed by atoms with Crippen molar-refractivity contribution in [2.75, 3.05) is 0 Å². The molecule has 0 saturated carbocycles. The van der Waals surface area contributed by atoms with E-state index in [2.05, 4.69) is 72.8 Å². The van der Waals surface area contributed by atoms with Gasteiger partial charge in [0.15, 0.2) is 5.60 Å². The monoisotopic (exact) mass is 417 g/mol. The largest absolute Gasteiger partial charge is 0.475 e. The van der Waals surface area contributed by atoms with E-state index >= 15 is 0 Å². The van der Waals surface area contributed by atoms with Gasteiger partial charge in [0.1, 0.15) is 5.75 Å². The van der Waals surface area contributed by atoms with Gasteiger partial charge in [-0.1, -0.05) is 84.9 Å². The summed E-state index contributed by atoms with van der Waals surface area (Å²) in [5.74, 6) is 0.835. The summed E-state index contributed by atoms with van der Waals surface area (Å²) in [6.07, 6.45) is 1.51. The second kappa shape index (κ2) is 7.10. The van der Waals surface area contributed by atoms with Crippen LogP contribution in [-0.2, 0) is 12.0 Å². The minimum atomic E-state index is -0.600. The Morgan fingerprint density at radius 3 is 1.97 bits per heavy atom. The molecule has 156 valence electrons. The fourth-order valence-electron chi connectivity index (χ4n) is 5.20. The molecular formula is C29H23NO2. The Labute approximate surface area is 186 Å². The standard InChI is InChI=1S/C29H23NO2/c1-20(31)30-26-16-17-29(23-12-4-2-5-13-23,24-14-6-3-7-15-24)32-28(26)25-18-21-10-8-9-11-22(21)19-27(25)30/h2-15,18-19H,16-17H2,1H3. The summed E-state index contributed by atoms with van der Waals surface area (Å²) >= 11 is 0. The first-order valence-corrected chi connectivity index (χ1v) is 11.0. The predicted molar refractivity (Wildman–Crippen MR) is 128 cm³/mol. The van der Waals surface area contributed by atoms with Crippen molar-refractivity contribution < 1.29 is 9.53 Å². The zero-order valence-corrected chi connectivity index (χ0v) is 17.9. The summed E-state index contributed by atoms with van der Waals surface area (Å²) in [6.45, 7) is 1.63. The van der Waals surface area contributed by atoms with Crippen molar-refractivity contribution in [3.63, 3.8) is 0 Å². The summed E-state index contributed by atoms with van der Waals surface area (Å²) in [5, 5.41) is 3.25. The van der Waals surface area contributed by atoms with Crippen LogP contribution < -0.4 is 4.74 Å². The van der Waals surface area contributed by atoms with Crippen LogP contribution in [-0.4, -0.2) is 10.5 Å². The van der Waals surface area contributed by atoms with E-state index in [1.54, 1.807) is 6.92 Å². The topological polar surface area (TPSA) is 31.2 Å². The fraction of sp³-hybridized carbons (Fsp3) is 0.138. The molecule has 0 radical (unpaired) electrons. The molecule has 1 aromatic heterocycles. The number of hydrogen-bond donors (Lipinski definition) is 0. The van der Waals surface area contributed by atoms with Gasteiger partial charge in [-0.15, -0.1) is 0 Å². The normalized spacial score (nSPS) is 14.8. The first-order chi connectivity index (χ1) is 15.7. The molecule has 3 nitrogen and oxygen atoms in total. The second-order valence-electron chi connectivity index (χ2n) is 8.51. The average molecular weight is 418 g/mol. The van der Waals surface area contributed by atoms with Gasteiger partial charge in [-0.3, -0.25) is 9.36 Å². The minimum absolute atomic E-state index is 0.0158. The highest BCUT2D eigenvalue weighted by atomic mass is 16.5. The number of nitrogens with zero attached hydrogens (tertiary/aromatic N) is 1. The van der Waals surface area contributed by atoms with E-state index in [9.17, 15) is 4.79 Å². The van der Waals surface area contributed by atoms with Crippen LogP contribution in [0, 0.1) is 0 Å². The minimum Gasteiger partial charge on any atom is -0.475 e. The molecule has 0 aliphatic carbocycles. The van der Waals surface area contributed by atoms with Gasteiger partial charge in [0, 0.05) is 18.7 Å². The third kappa shape index (κ3) is 2.71. The van der Waals surface area contributed by atoms with E-state index in [0.29, 0.717) is 0 Å². The SMILES string of the molecule is CC(=O)n1c2c(c3cc4ccccc4cc31)OC(c1ccccc1)(c1ccccc1)CC2. The molecule has 0 spiro atoms. The molecular weight excluding hydrogens is 394 g/mol. The number of rotatable bonds is 2. The van der Waals surface area contributed by atoms with Gasteiger partial charge in [0.25, 0.3) is 0 Å². The lowest BCUT2D eigenvalue weighted by Gasteiger charge is -2.39. The summed E-state index contributed by atoms with van der Waals surface area (Å²) in [4.78, 5) is 12.7. The molecule has 0 amide bonds. The summed E-state index contributed by atoms with van der Waals surface area (Å²) in [7, 11) is 0. The number of ether oxygens (including phenoxy) is 1. The third-order valence-electron chi connectivity index (χ3n) is 6.67. The van der Waals surface area contributed by atoms with Gasteiger partial charge >= 0.3 is 0 Å². The molecule has 0 bridgehead atoms. The van der Waals surface area contributed by atoms with Crippen LogP contribution >= 0.6 is 0 Å². The Hall–Kier alpha value is -3.85. The van der Waals surface area contributed by atoms with Crippen molar-refractivity contribution in [1.29, 1.82) is 0 Å². The molecule has 1 aliphatic rings. The Morgan fingerprint density at radius 1 is 0.812 bits per heavy atom. The maximum absolute atomic E-state index is 12.7. The van der Waals surface area contributed by atoms with Gasteiger partial charge in [0.2, 0.25) is 5.91 Å². The van der Waals surface area contributed by atoms with Crippen LogP contribution in [0.4, 0.5) is 0 Å². The van der Waals surface area contributed by atoms with Gasteiger partial charge in [-0.05, 0) is 40.5 Å². The van der Waals surface area contributed by atoms with Crippen molar-refractivity contribution in [3.8, 4) is 5.75 Å². The lowest BCUT2D eigenvalue weighted by molar-refractivity contribution is 0.0814. The van der Waals surface area contributed by atoms with E-state index in [0.717, 1.165) is 57.1 Å². The number of fused-ring (bicyclic) bond motifs is 4. The van der Waals surface area contributed by atoms with Crippen LogP contribution in [0.25, 0.3) is 21.7 Å². The molecule has 32 heavy (non-hydrogen) atoms. The molecule has 3 heteroatoms. The van der Waals surface area contributed by atoms with Crippen molar-refractivity contribution in [2.45, 2.75) is 25.4 Å². The molecule has 0 unspecified atom stereocenters. The summed E-state index contributed by atoms with van der Waals surface area (Å²) in [6, 6.07) is 33.4. The fourth-order valence-corrected chi connectivity index (χ4v) is 5.20. The van der Waals surface area contributed by atoms with Gasteiger partial charge < -0.3 is 4.74 Å². The smallest absolute Gasteiger partial charge is 0.228 e. The van der Waals surface area contributed by atoms with Crippen LogP contribution in [0.5, 0.6) is 5.75 Å². The molecule has 0 N–H and O–H groups in total. The van der Waals surface area contributed by atoms with E-state index in [-0.39, 0.29) is 5.91 Å². The van der Waals surface area contributed by atoms with Crippen molar-refractivity contribution >= 4 is 27.6 Å². The van der Waals surface area contributed by atoms with Gasteiger partial charge in [0.05, 0.1) is 11.2 Å². The van der Waals surface area contributed by atoms with E-state index < -0.39 is 5.60 Å². The van der Waals surface area contributed by atoms with Crippen molar-refractivity contribution in [1.82, 2.24) is 4.57 Å². The quantitative estimate of drug-likeness (QED) is 0.319. The highest BCUT2D eigenvalue weighted by Gasteiger charge is 2.42. The Bertz CT molecular complexity index is 1430. The first-order valence-electron chi connectivity index (χ1n) is 11.0. The van der Waals surface area contributed by atoms with Crippen LogP contribution in [0.1, 0.15) is 35.0 Å². The molecule has 0 saturated heterocycles. The number of aromatic nitrogens is 1. The molecule has 2 heterocycles. The zero-order valence-electron chi connectivity index (χ0n) is 17.9. The Morgan fingerprint density at radius 2 is 1.38 bits per heavy atom. The van der Waals surface area contributed by atoms with Crippen LogP contribution in [0.2, 0.25) is 0 Å². The lowest BCUT2D eigenvalue weighted by atomic mass is 9.80. The highest BCUT2D eigenvalue weighted by molar-refractivity contribution is 6.05. The maximum atomic E-state index is 12.7. The Balaban J connectivity index is 1.65. The summed E-state index contributed by atoms with van der Waals surface area (Å²) in [5.41, 5.74) is 3.53. The number of benzene rings is 4. The van der Waals surface area contributed by atoms with Gasteiger partial charge in [-0.25, -0.2) is 0 Å². The molecule has 0 atom stereocenters. The first kappa shape index (κ1) is 18.9. The van der Waals surface area contributed by atoms with Crippen molar-refractivity contribution in [3.05, 3.63) is 114 Å². The van der Waals surface area contributed by atoms with Gasteiger partial charge in [-0.2, -0.15) is 0 Å². The van der Waals surface area contributed by atoms with E-state index in [1.165, 1.54) is 0 Å². The molecule has 1 aliphatic heterocycles. The third-order valence-corrected chi connectivity index (χ3v) is 6.67. The van der Waals surface area contributed by atoms with E-state index in [1.807, 2.05) is 28.8 Å². The predicted octanol–water partition coefficient (Wildman–Crippen LogP) is 6.72. The number of carbonyl (C=O) groups is 1.